The highest BCUT2D eigenvalue weighted by atomic mass is 16.5. The molecule has 10 heteroatoms. The Morgan fingerprint density at radius 2 is 1.82 bits per heavy atom. The Kier molecular flexibility index (Phi) is 4.99. The summed E-state index contributed by atoms with van der Waals surface area (Å²) in [7, 11) is 0. The number of nitrogen functional groups attached to an aromatic ring is 1. The highest BCUT2D eigenvalue weighted by molar-refractivity contribution is 5.63. The molecule has 1 fully saturated rings. The van der Waals surface area contributed by atoms with Crippen molar-refractivity contribution < 1.29 is 8.94 Å². The molecule has 1 aromatic carbocycles. The minimum Gasteiger partial charge on any atom is -0.461 e. The number of piperazine rings is 1. The van der Waals surface area contributed by atoms with Gasteiger partial charge in [0, 0.05) is 49.9 Å². The third kappa shape index (κ3) is 3.67. The van der Waals surface area contributed by atoms with Gasteiger partial charge in [-0.15, -0.1) is 5.10 Å². The summed E-state index contributed by atoms with van der Waals surface area (Å²) in [4.78, 5) is 13.8. The summed E-state index contributed by atoms with van der Waals surface area (Å²) in [6.07, 6.45) is 1.59. The number of benzene rings is 1. The average molecular weight is 457 g/mol. The number of rotatable bonds is 5. The highest BCUT2D eigenvalue weighted by Crippen LogP contribution is 2.27. The van der Waals surface area contributed by atoms with E-state index >= 15 is 0 Å². The third-order valence-electron chi connectivity index (χ3n) is 6.19. The van der Waals surface area contributed by atoms with Crippen LogP contribution < -0.4 is 10.6 Å². The number of aromatic nitrogens is 5. The molecule has 0 amide bonds. The zero-order valence-electron chi connectivity index (χ0n) is 18.8. The smallest absolute Gasteiger partial charge is 0.225 e. The molecular weight excluding hydrogens is 432 g/mol. The molecule has 4 aromatic heterocycles. The van der Waals surface area contributed by atoms with Crippen molar-refractivity contribution in [2.24, 2.45) is 0 Å². The molecule has 0 bridgehead atoms. The first-order valence-electron chi connectivity index (χ1n) is 11.2. The number of nitrogens with zero attached hydrogens (tertiary/aromatic N) is 7. The molecule has 172 valence electrons. The van der Waals surface area contributed by atoms with Crippen LogP contribution in [0.15, 0.2) is 63.7 Å². The van der Waals surface area contributed by atoms with E-state index in [9.17, 15) is 0 Å². The molecule has 0 atom stereocenters. The Hall–Kier alpha value is -4.18. The lowest BCUT2D eigenvalue weighted by atomic mass is 10.1. The topological polar surface area (TPSA) is 115 Å². The van der Waals surface area contributed by atoms with Crippen LogP contribution in [-0.4, -0.2) is 55.8 Å². The Morgan fingerprint density at radius 3 is 2.59 bits per heavy atom. The largest absolute Gasteiger partial charge is 0.461 e. The molecule has 5 aromatic rings. The van der Waals surface area contributed by atoms with Gasteiger partial charge in [0.2, 0.25) is 11.8 Å². The summed E-state index contributed by atoms with van der Waals surface area (Å²) in [5.74, 6) is 3.04. The molecule has 5 heterocycles. The van der Waals surface area contributed by atoms with E-state index in [-0.39, 0.29) is 0 Å². The Balaban J connectivity index is 1.18. The minimum absolute atomic E-state index is 0.299. The van der Waals surface area contributed by atoms with Crippen LogP contribution in [0.3, 0.4) is 0 Å². The highest BCUT2D eigenvalue weighted by Gasteiger charge is 2.23. The minimum atomic E-state index is 0.299. The second-order valence-electron chi connectivity index (χ2n) is 8.35. The van der Waals surface area contributed by atoms with Crippen molar-refractivity contribution in [3.63, 3.8) is 0 Å². The third-order valence-corrected chi connectivity index (χ3v) is 6.19. The molecule has 0 spiro atoms. The summed E-state index contributed by atoms with van der Waals surface area (Å²) < 4.78 is 12.5. The van der Waals surface area contributed by atoms with Crippen molar-refractivity contribution in [1.29, 1.82) is 0 Å². The monoisotopic (exact) mass is 456 g/mol. The number of furan rings is 1. The Morgan fingerprint density at radius 1 is 1.00 bits per heavy atom. The van der Waals surface area contributed by atoms with Crippen LogP contribution in [-0.2, 0) is 6.54 Å². The summed E-state index contributed by atoms with van der Waals surface area (Å²) in [5, 5.41) is 8.73. The van der Waals surface area contributed by atoms with E-state index in [1.807, 2.05) is 37.3 Å². The van der Waals surface area contributed by atoms with Crippen molar-refractivity contribution in [2.45, 2.75) is 13.5 Å². The fourth-order valence-corrected chi connectivity index (χ4v) is 4.33. The first-order chi connectivity index (χ1) is 16.7. The van der Waals surface area contributed by atoms with Crippen molar-refractivity contribution in [2.75, 3.05) is 36.8 Å². The molecule has 2 N–H and O–H groups in total. The van der Waals surface area contributed by atoms with Crippen LogP contribution in [0.5, 0.6) is 0 Å². The molecule has 34 heavy (non-hydrogen) atoms. The van der Waals surface area contributed by atoms with E-state index < -0.39 is 0 Å². The summed E-state index contributed by atoms with van der Waals surface area (Å²) in [6, 6.07) is 15.7. The van der Waals surface area contributed by atoms with E-state index in [1.165, 1.54) is 4.52 Å². The normalized spacial score (nSPS) is 14.8. The Bertz CT molecular complexity index is 1420. The molecule has 6 rings (SSSR count). The molecule has 1 saturated heterocycles. The fourth-order valence-electron chi connectivity index (χ4n) is 4.33. The van der Waals surface area contributed by atoms with E-state index in [0.29, 0.717) is 23.2 Å². The van der Waals surface area contributed by atoms with Crippen molar-refractivity contribution in [3.05, 3.63) is 66.1 Å². The predicted octanol–water partition coefficient (Wildman–Crippen LogP) is 3.25. The maximum Gasteiger partial charge on any atom is 0.225 e. The van der Waals surface area contributed by atoms with Crippen LogP contribution in [0.4, 0.5) is 11.8 Å². The summed E-state index contributed by atoms with van der Waals surface area (Å²) in [6.45, 7) is 6.19. The first kappa shape index (κ1) is 20.4. The van der Waals surface area contributed by atoms with Gasteiger partial charge in [-0.05, 0) is 19.1 Å². The molecule has 0 aliphatic carbocycles. The number of hydrogen-bond acceptors (Lipinski definition) is 9. The second kappa shape index (κ2) is 8.31. The maximum absolute atomic E-state index is 6.20. The predicted molar refractivity (Wildman–Crippen MR) is 127 cm³/mol. The van der Waals surface area contributed by atoms with Crippen LogP contribution in [0.25, 0.3) is 28.5 Å². The van der Waals surface area contributed by atoms with Crippen LogP contribution in [0, 0.1) is 6.92 Å². The number of anilines is 2. The zero-order chi connectivity index (χ0) is 23.1. The van der Waals surface area contributed by atoms with Gasteiger partial charge in [0.1, 0.15) is 17.3 Å². The number of fused-ring (bicyclic) bond motifs is 1. The van der Waals surface area contributed by atoms with Gasteiger partial charge in [-0.3, -0.25) is 4.90 Å². The van der Waals surface area contributed by atoms with Gasteiger partial charge in [-0.25, -0.2) is 4.98 Å². The number of hydrogen-bond donors (Lipinski definition) is 1. The summed E-state index contributed by atoms with van der Waals surface area (Å²) >= 11 is 0. The van der Waals surface area contributed by atoms with Gasteiger partial charge in [0.05, 0.1) is 6.26 Å². The van der Waals surface area contributed by atoms with Crippen molar-refractivity contribution in [3.8, 4) is 22.8 Å². The lowest BCUT2D eigenvalue weighted by Crippen LogP contribution is -2.46. The van der Waals surface area contributed by atoms with Gasteiger partial charge in [-0.1, -0.05) is 35.5 Å². The van der Waals surface area contributed by atoms with Crippen molar-refractivity contribution >= 4 is 17.4 Å². The lowest BCUT2D eigenvalue weighted by Gasteiger charge is -2.35. The number of nitrogens with two attached hydrogens (primary N) is 1. The Labute approximate surface area is 195 Å². The maximum atomic E-state index is 6.20. The molecule has 0 radical (unpaired) electrons. The van der Waals surface area contributed by atoms with Gasteiger partial charge in [0.15, 0.2) is 11.4 Å². The second-order valence-corrected chi connectivity index (χ2v) is 8.35. The van der Waals surface area contributed by atoms with E-state index in [1.54, 1.807) is 12.3 Å². The molecule has 1 aliphatic heterocycles. The van der Waals surface area contributed by atoms with Gasteiger partial charge in [-0.2, -0.15) is 9.50 Å². The molecule has 1 aliphatic rings. The van der Waals surface area contributed by atoms with E-state index in [4.69, 9.17) is 14.7 Å². The van der Waals surface area contributed by atoms with Gasteiger partial charge in [0.25, 0.3) is 0 Å². The fraction of sp³-hybridized carbons (Fsp3) is 0.250. The van der Waals surface area contributed by atoms with E-state index in [0.717, 1.165) is 61.1 Å². The van der Waals surface area contributed by atoms with Crippen LogP contribution in [0.2, 0.25) is 0 Å². The quantitative estimate of drug-likeness (QED) is 0.425. The molecule has 10 nitrogen and oxygen atoms in total. The number of aryl methyl sites for hydroxylation is 1. The average Bonchev–Trinajstić information content (AvgIpc) is 3.61. The van der Waals surface area contributed by atoms with Crippen LogP contribution in [0.1, 0.15) is 11.3 Å². The zero-order valence-corrected chi connectivity index (χ0v) is 18.8. The SMILES string of the molecule is Cc1onc(-c2ccccc2)c1CN1CCN(c2cc3nc(-c4ccco4)nn3c(N)n2)CC1. The van der Waals surface area contributed by atoms with E-state index in [2.05, 4.69) is 42.2 Å². The standard InChI is InChI=1S/C24H24N8O2/c1-16-18(22(29-34-16)17-6-3-2-4-7-17)15-30-9-11-31(12-10-30)20-14-21-26-23(19-8-5-13-33-19)28-32(21)24(25)27-20/h2-8,13-14H,9-12,15H2,1H3,(H2,25,27). The lowest BCUT2D eigenvalue weighted by molar-refractivity contribution is 0.248. The first-order valence-corrected chi connectivity index (χ1v) is 11.2. The molecular formula is C24H24N8O2. The van der Waals surface area contributed by atoms with Gasteiger partial charge < -0.3 is 19.6 Å². The molecule has 0 unspecified atom stereocenters. The van der Waals surface area contributed by atoms with Crippen molar-refractivity contribution in [1.82, 2.24) is 29.6 Å². The van der Waals surface area contributed by atoms with Gasteiger partial charge >= 0.3 is 0 Å². The van der Waals surface area contributed by atoms with Crippen LogP contribution >= 0.6 is 0 Å². The molecule has 0 saturated carbocycles. The summed E-state index contributed by atoms with van der Waals surface area (Å²) in [5.41, 5.74) is 9.97.